The zero-order chi connectivity index (χ0) is 17.1. The van der Waals surface area contributed by atoms with Gasteiger partial charge in [-0.3, -0.25) is 9.69 Å². The van der Waals surface area contributed by atoms with Gasteiger partial charge >= 0.3 is 0 Å². The zero-order valence-corrected chi connectivity index (χ0v) is 14.6. The van der Waals surface area contributed by atoms with E-state index >= 15 is 0 Å². The van der Waals surface area contributed by atoms with Crippen molar-refractivity contribution in [3.05, 3.63) is 41.1 Å². The van der Waals surface area contributed by atoms with E-state index in [9.17, 15) is 4.79 Å². The number of hydrogen-bond donors (Lipinski definition) is 1. The minimum absolute atomic E-state index is 0.0699. The van der Waals surface area contributed by atoms with Gasteiger partial charge in [0.2, 0.25) is 5.91 Å². The molecule has 0 bridgehead atoms. The minimum Gasteiger partial charge on any atom is -0.369 e. The first-order valence-corrected chi connectivity index (χ1v) is 8.39. The average molecular weight is 349 g/mol. The molecular formula is C17H21ClN4O2. The predicted octanol–water partition coefficient (Wildman–Crippen LogP) is 2.79. The number of carbonyl (C=O) groups is 1. The summed E-state index contributed by atoms with van der Waals surface area (Å²) in [4.78, 5) is 16.8. The summed E-state index contributed by atoms with van der Waals surface area (Å²) in [5.74, 6) is 1.06. The Labute approximate surface area is 146 Å². The molecule has 1 atom stereocenters. The Balaban J connectivity index is 1.54. The van der Waals surface area contributed by atoms with Gasteiger partial charge in [0.05, 0.1) is 6.04 Å². The summed E-state index contributed by atoms with van der Waals surface area (Å²) in [7, 11) is 0. The first-order chi connectivity index (χ1) is 11.5. The number of aromatic nitrogens is 1. The van der Waals surface area contributed by atoms with Gasteiger partial charge in [0.1, 0.15) is 5.76 Å². The lowest BCUT2D eigenvalue weighted by Crippen LogP contribution is -2.52. The molecule has 1 aliphatic heterocycles. The molecule has 2 heterocycles. The number of nitrogens with one attached hydrogen (secondary N) is 1. The quantitative estimate of drug-likeness (QED) is 0.920. The van der Waals surface area contributed by atoms with E-state index in [1.165, 1.54) is 0 Å². The van der Waals surface area contributed by atoms with Crippen molar-refractivity contribution in [2.75, 3.05) is 36.4 Å². The molecule has 0 saturated carbocycles. The fourth-order valence-electron chi connectivity index (χ4n) is 2.86. The molecule has 0 spiro atoms. The molecule has 1 fully saturated rings. The van der Waals surface area contributed by atoms with E-state index in [2.05, 4.69) is 26.3 Å². The van der Waals surface area contributed by atoms with Gasteiger partial charge < -0.3 is 14.7 Å². The number of benzene rings is 1. The Morgan fingerprint density at radius 1 is 1.29 bits per heavy atom. The summed E-state index contributed by atoms with van der Waals surface area (Å²) in [5.41, 5.74) is 1.12. The molecule has 0 aliphatic carbocycles. The highest BCUT2D eigenvalue weighted by atomic mass is 35.5. The Bertz CT molecular complexity index is 710. The molecule has 1 aromatic heterocycles. The third-order valence-electron chi connectivity index (χ3n) is 4.29. The molecule has 1 aromatic carbocycles. The van der Waals surface area contributed by atoms with Gasteiger partial charge in [-0.15, -0.1) is 0 Å². The molecule has 3 rings (SSSR count). The SMILES string of the molecule is Cc1cc(NC(=O)[C@@H](C)N2CCN(c3cccc(Cl)c3)CC2)no1. The zero-order valence-electron chi connectivity index (χ0n) is 13.8. The molecular weight excluding hydrogens is 328 g/mol. The first kappa shape index (κ1) is 16.8. The number of anilines is 2. The number of aryl methyl sites for hydroxylation is 1. The predicted molar refractivity (Wildman–Crippen MR) is 94.6 cm³/mol. The molecule has 0 unspecified atom stereocenters. The number of nitrogens with zero attached hydrogens (tertiary/aromatic N) is 3. The molecule has 1 N–H and O–H groups in total. The number of carbonyl (C=O) groups excluding carboxylic acids is 1. The number of halogens is 1. The maximum absolute atomic E-state index is 12.4. The Morgan fingerprint density at radius 3 is 2.67 bits per heavy atom. The van der Waals surface area contributed by atoms with Crippen molar-refractivity contribution in [3.63, 3.8) is 0 Å². The lowest BCUT2D eigenvalue weighted by Gasteiger charge is -2.38. The Hall–Kier alpha value is -2.05. The van der Waals surface area contributed by atoms with Crippen LogP contribution in [0.2, 0.25) is 5.02 Å². The summed E-state index contributed by atoms with van der Waals surface area (Å²) in [6.07, 6.45) is 0. The van der Waals surface area contributed by atoms with E-state index in [1.54, 1.807) is 13.0 Å². The Morgan fingerprint density at radius 2 is 2.04 bits per heavy atom. The third-order valence-corrected chi connectivity index (χ3v) is 4.53. The summed E-state index contributed by atoms with van der Waals surface area (Å²) in [6, 6.07) is 9.36. The lowest BCUT2D eigenvalue weighted by molar-refractivity contribution is -0.120. The van der Waals surface area contributed by atoms with Crippen molar-refractivity contribution in [2.45, 2.75) is 19.9 Å². The molecule has 24 heavy (non-hydrogen) atoms. The highest BCUT2D eigenvalue weighted by molar-refractivity contribution is 6.30. The van der Waals surface area contributed by atoms with Gasteiger partial charge in [0.25, 0.3) is 0 Å². The third kappa shape index (κ3) is 3.88. The van der Waals surface area contributed by atoms with Gasteiger partial charge in [-0.1, -0.05) is 22.8 Å². The monoisotopic (exact) mass is 348 g/mol. The minimum atomic E-state index is -0.219. The van der Waals surface area contributed by atoms with Crippen molar-refractivity contribution >= 4 is 29.0 Å². The number of hydrogen-bond acceptors (Lipinski definition) is 5. The number of piperazine rings is 1. The van der Waals surface area contributed by atoms with E-state index in [4.69, 9.17) is 16.1 Å². The van der Waals surface area contributed by atoms with E-state index in [0.717, 1.165) is 36.9 Å². The Kier molecular flexibility index (Phi) is 5.06. The summed E-state index contributed by atoms with van der Waals surface area (Å²) < 4.78 is 4.97. The van der Waals surface area contributed by atoms with E-state index in [0.29, 0.717) is 11.6 Å². The van der Waals surface area contributed by atoms with E-state index in [-0.39, 0.29) is 11.9 Å². The van der Waals surface area contributed by atoms with E-state index in [1.807, 2.05) is 25.1 Å². The standard InChI is InChI=1S/C17H21ClN4O2/c1-12-10-16(20-24-12)19-17(23)13(2)21-6-8-22(9-7-21)15-5-3-4-14(18)11-15/h3-5,10-11,13H,6-9H2,1-2H3,(H,19,20,23)/t13-/m1/s1. The van der Waals surface area contributed by atoms with Crippen molar-refractivity contribution in [1.82, 2.24) is 10.1 Å². The van der Waals surface area contributed by atoms with E-state index < -0.39 is 0 Å². The second kappa shape index (κ2) is 7.23. The first-order valence-electron chi connectivity index (χ1n) is 8.01. The topological polar surface area (TPSA) is 61.6 Å². The van der Waals surface area contributed by atoms with Crippen LogP contribution in [0, 0.1) is 6.92 Å². The average Bonchev–Trinajstić information content (AvgIpc) is 2.99. The van der Waals surface area contributed by atoms with Gasteiger partial charge in [0, 0.05) is 43.0 Å². The van der Waals surface area contributed by atoms with Gasteiger partial charge in [-0.25, -0.2) is 0 Å². The van der Waals surface area contributed by atoms with Crippen LogP contribution >= 0.6 is 11.6 Å². The molecule has 1 saturated heterocycles. The van der Waals surface area contributed by atoms with Gasteiger partial charge in [-0.2, -0.15) is 0 Å². The van der Waals surface area contributed by atoms with Crippen LogP contribution < -0.4 is 10.2 Å². The molecule has 128 valence electrons. The maximum atomic E-state index is 12.4. The van der Waals surface area contributed by atoms with Crippen molar-refractivity contribution in [2.24, 2.45) is 0 Å². The fraction of sp³-hybridized carbons (Fsp3) is 0.412. The summed E-state index contributed by atoms with van der Waals surface area (Å²) >= 11 is 6.06. The number of rotatable bonds is 4. The van der Waals surface area contributed by atoms with Crippen LogP contribution in [0.4, 0.5) is 11.5 Å². The maximum Gasteiger partial charge on any atom is 0.242 e. The highest BCUT2D eigenvalue weighted by Gasteiger charge is 2.26. The molecule has 6 nitrogen and oxygen atoms in total. The van der Waals surface area contributed by atoms with Crippen LogP contribution in [-0.2, 0) is 4.79 Å². The second-order valence-corrected chi connectivity index (χ2v) is 6.43. The van der Waals surface area contributed by atoms with Crippen LogP contribution in [0.3, 0.4) is 0 Å². The summed E-state index contributed by atoms with van der Waals surface area (Å²) in [6.45, 7) is 7.07. The van der Waals surface area contributed by atoms with Crippen LogP contribution in [0.1, 0.15) is 12.7 Å². The normalized spacial score (nSPS) is 16.9. The molecule has 1 amide bonds. The lowest BCUT2D eigenvalue weighted by atomic mass is 10.2. The van der Waals surface area contributed by atoms with Crippen molar-refractivity contribution < 1.29 is 9.32 Å². The number of amides is 1. The second-order valence-electron chi connectivity index (χ2n) is 5.99. The van der Waals surface area contributed by atoms with Crippen LogP contribution in [0.25, 0.3) is 0 Å². The fourth-order valence-corrected chi connectivity index (χ4v) is 3.05. The molecule has 1 aliphatic rings. The molecule has 2 aromatic rings. The molecule has 0 radical (unpaired) electrons. The summed E-state index contributed by atoms with van der Waals surface area (Å²) in [5, 5.41) is 7.33. The smallest absolute Gasteiger partial charge is 0.242 e. The van der Waals surface area contributed by atoms with Crippen LogP contribution in [0.5, 0.6) is 0 Å². The van der Waals surface area contributed by atoms with Crippen molar-refractivity contribution in [3.8, 4) is 0 Å². The van der Waals surface area contributed by atoms with Crippen LogP contribution in [0.15, 0.2) is 34.9 Å². The molecule has 7 heteroatoms. The van der Waals surface area contributed by atoms with Crippen molar-refractivity contribution in [1.29, 1.82) is 0 Å². The van der Waals surface area contributed by atoms with Gasteiger partial charge in [0.15, 0.2) is 5.82 Å². The highest BCUT2D eigenvalue weighted by Crippen LogP contribution is 2.21. The van der Waals surface area contributed by atoms with Gasteiger partial charge in [-0.05, 0) is 32.0 Å². The van der Waals surface area contributed by atoms with Crippen LogP contribution in [-0.4, -0.2) is 48.2 Å². The largest absolute Gasteiger partial charge is 0.369 e.